The van der Waals surface area contributed by atoms with Crippen molar-refractivity contribution in [1.29, 1.82) is 0 Å². The van der Waals surface area contributed by atoms with Crippen molar-refractivity contribution in [1.82, 2.24) is 10.3 Å². The zero-order chi connectivity index (χ0) is 22.9. The first-order chi connectivity index (χ1) is 15.2. The minimum absolute atomic E-state index is 0.0635. The van der Waals surface area contributed by atoms with Gasteiger partial charge in [0.2, 0.25) is 0 Å². The molecule has 3 aromatic rings. The van der Waals surface area contributed by atoms with Crippen molar-refractivity contribution in [3.8, 4) is 0 Å². The molecule has 1 aliphatic rings. The highest BCUT2D eigenvalue weighted by atomic mass is 35.5. The fraction of sp³-hybridized carbons (Fsp3) is 0.333. The second-order valence-corrected chi connectivity index (χ2v) is 8.69. The van der Waals surface area contributed by atoms with Crippen molar-refractivity contribution in [2.24, 2.45) is 0 Å². The van der Waals surface area contributed by atoms with E-state index in [9.17, 15) is 18.0 Å². The smallest absolute Gasteiger partial charge is 0.382 e. The van der Waals surface area contributed by atoms with E-state index in [1.54, 1.807) is 36.4 Å². The minimum atomic E-state index is -4.53. The highest BCUT2D eigenvalue weighted by Crippen LogP contribution is 2.34. The van der Waals surface area contributed by atoms with E-state index in [-0.39, 0.29) is 18.0 Å². The van der Waals surface area contributed by atoms with Gasteiger partial charge in [-0.05, 0) is 75.1 Å². The molecule has 32 heavy (non-hydrogen) atoms. The number of alkyl halides is 3. The largest absolute Gasteiger partial charge is 0.433 e. The quantitative estimate of drug-likeness (QED) is 0.474. The number of pyridine rings is 1. The van der Waals surface area contributed by atoms with Crippen LogP contribution < -0.4 is 10.6 Å². The third-order valence-electron chi connectivity index (χ3n) is 5.73. The predicted octanol–water partition coefficient (Wildman–Crippen LogP) is 6.37. The van der Waals surface area contributed by atoms with Crippen LogP contribution in [-0.2, 0) is 6.18 Å². The summed E-state index contributed by atoms with van der Waals surface area (Å²) in [5, 5.41) is 7.56. The van der Waals surface area contributed by atoms with E-state index in [1.165, 1.54) is 0 Å². The van der Waals surface area contributed by atoms with Crippen LogP contribution in [0, 0.1) is 6.92 Å². The predicted molar refractivity (Wildman–Crippen MR) is 120 cm³/mol. The first-order valence-corrected chi connectivity index (χ1v) is 10.9. The molecule has 1 aromatic heterocycles. The molecule has 1 amide bonds. The Labute approximate surface area is 189 Å². The van der Waals surface area contributed by atoms with Crippen LogP contribution in [0.25, 0.3) is 10.9 Å². The monoisotopic (exact) mass is 461 g/mol. The number of fused-ring (bicyclic) bond motifs is 1. The molecule has 0 saturated heterocycles. The average molecular weight is 462 g/mol. The van der Waals surface area contributed by atoms with Gasteiger partial charge in [0, 0.05) is 33.7 Å². The summed E-state index contributed by atoms with van der Waals surface area (Å²) in [6.45, 7) is 1.89. The number of halogens is 4. The molecule has 0 radical (unpaired) electrons. The standard InChI is InChI=1S/C24H23ClF3N3O/c1-14-5-10-20-19(11-14)21(13-22(31-20)24(26,27)28)29-17-3-2-4-18(12-17)30-23(32)15-6-8-16(25)9-7-15/h5-11,13,17-18H,2-4,12H2,1H3,(H,29,31)(H,30,32)/t17-,18+/m0/s1. The maximum atomic E-state index is 13.4. The fourth-order valence-corrected chi connectivity index (χ4v) is 4.27. The zero-order valence-corrected chi connectivity index (χ0v) is 18.2. The van der Waals surface area contributed by atoms with Gasteiger partial charge in [-0.25, -0.2) is 4.98 Å². The minimum Gasteiger partial charge on any atom is -0.382 e. The molecule has 4 nitrogen and oxygen atoms in total. The lowest BCUT2D eigenvalue weighted by Gasteiger charge is -2.31. The molecule has 1 saturated carbocycles. The number of aryl methyl sites for hydroxylation is 1. The molecule has 1 aliphatic carbocycles. The summed E-state index contributed by atoms with van der Waals surface area (Å²) in [4.78, 5) is 16.4. The molecule has 0 unspecified atom stereocenters. The molecule has 2 N–H and O–H groups in total. The van der Waals surface area contributed by atoms with E-state index in [0.717, 1.165) is 30.9 Å². The summed E-state index contributed by atoms with van der Waals surface area (Å²) in [7, 11) is 0. The van der Waals surface area contributed by atoms with Gasteiger partial charge in [-0.3, -0.25) is 4.79 Å². The van der Waals surface area contributed by atoms with Crippen LogP contribution in [0.2, 0.25) is 5.02 Å². The number of carbonyl (C=O) groups is 1. The van der Waals surface area contributed by atoms with Crippen molar-refractivity contribution in [3.63, 3.8) is 0 Å². The first kappa shape index (κ1) is 22.4. The first-order valence-electron chi connectivity index (χ1n) is 10.5. The number of hydrogen-bond acceptors (Lipinski definition) is 3. The van der Waals surface area contributed by atoms with Crippen molar-refractivity contribution in [2.45, 2.75) is 50.9 Å². The van der Waals surface area contributed by atoms with Crippen LogP contribution in [0.3, 0.4) is 0 Å². The lowest BCUT2D eigenvalue weighted by atomic mass is 9.90. The highest BCUT2D eigenvalue weighted by Gasteiger charge is 2.34. The van der Waals surface area contributed by atoms with Crippen molar-refractivity contribution < 1.29 is 18.0 Å². The Bertz CT molecular complexity index is 1130. The number of rotatable bonds is 4. The second kappa shape index (κ2) is 8.98. The summed E-state index contributed by atoms with van der Waals surface area (Å²) in [6, 6.07) is 12.8. The van der Waals surface area contributed by atoms with E-state index in [1.807, 2.05) is 13.0 Å². The number of hydrogen-bond donors (Lipinski definition) is 2. The average Bonchev–Trinajstić information content (AvgIpc) is 2.74. The normalized spacial score (nSPS) is 19.0. The van der Waals surface area contributed by atoms with E-state index >= 15 is 0 Å². The number of nitrogens with zero attached hydrogens (tertiary/aromatic N) is 1. The lowest BCUT2D eigenvalue weighted by Crippen LogP contribution is -2.41. The molecule has 4 rings (SSSR count). The highest BCUT2D eigenvalue weighted by molar-refractivity contribution is 6.30. The van der Waals surface area contributed by atoms with Gasteiger partial charge >= 0.3 is 6.18 Å². The Morgan fingerprint density at radius 2 is 1.78 bits per heavy atom. The second-order valence-electron chi connectivity index (χ2n) is 8.26. The Morgan fingerprint density at radius 3 is 2.50 bits per heavy atom. The summed E-state index contributed by atoms with van der Waals surface area (Å²) in [5.74, 6) is -0.184. The molecule has 1 fully saturated rings. The number of amides is 1. The van der Waals surface area contributed by atoms with E-state index in [4.69, 9.17) is 11.6 Å². The summed E-state index contributed by atoms with van der Waals surface area (Å²) in [6.07, 6.45) is -1.42. The van der Waals surface area contributed by atoms with Gasteiger partial charge in [-0.1, -0.05) is 23.2 Å². The molecule has 2 aromatic carbocycles. The topological polar surface area (TPSA) is 54.0 Å². The fourth-order valence-electron chi connectivity index (χ4n) is 4.15. The molecule has 2 atom stereocenters. The third-order valence-corrected chi connectivity index (χ3v) is 5.98. The van der Waals surface area contributed by atoms with E-state index in [0.29, 0.717) is 33.6 Å². The molecule has 0 aliphatic heterocycles. The Balaban J connectivity index is 1.52. The van der Waals surface area contributed by atoms with Crippen LogP contribution in [0.1, 0.15) is 47.3 Å². The molecular formula is C24H23ClF3N3O. The summed E-state index contributed by atoms with van der Waals surface area (Å²) in [5.41, 5.74) is 1.27. The number of nitrogens with one attached hydrogen (secondary N) is 2. The maximum absolute atomic E-state index is 13.4. The maximum Gasteiger partial charge on any atom is 0.433 e. The number of aromatic nitrogens is 1. The van der Waals surface area contributed by atoms with Gasteiger partial charge in [0.15, 0.2) is 0 Å². The third kappa shape index (κ3) is 5.15. The zero-order valence-electron chi connectivity index (χ0n) is 17.5. The van der Waals surface area contributed by atoms with Gasteiger partial charge in [0.1, 0.15) is 5.69 Å². The van der Waals surface area contributed by atoms with Gasteiger partial charge in [0.25, 0.3) is 5.91 Å². The molecule has 0 bridgehead atoms. The Hall–Kier alpha value is -2.80. The van der Waals surface area contributed by atoms with E-state index < -0.39 is 11.9 Å². The molecule has 168 valence electrons. The van der Waals surface area contributed by atoms with Gasteiger partial charge in [-0.2, -0.15) is 13.2 Å². The number of carbonyl (C=O) groups excluding carboxylic acids is 1. The summed E-state index contributed by atoms with van der Waals surface area (Å²) >= 11 is 5.88. The van der Waals surface area contributed by atoms with Crippen LogP contribution in [0.4, 0.5) is 18.9 Å². The number of benzene rings is 2. The lowest BCUT2D eigenvalue weighted by molar-refractivity contribution is -0.140. The molecule has 8 heteroatoms. The molecular weight excluding hydrogens is 439 g/mol. The van der Waals surface area contributed by atoms with Gasteiger partial charge in [-0.15, -0.1) is 0 Å². The van der Waals surface area contributed by atoms with Crippen molar-refractivity contribution in [3.05, 3.63) is 70.4 Å². The van der Waals surface area contributed by atoms with Crippen LogP contribution >= 0.6 is 11.6 Å². The van der Waals surface area contributed by atoms with Crippen molar-refractivity contribution in [2.75, 3.05) is 5.32 Å². The van der Waals surface area contributed by atoms with Crippen LogP contribution in [0.5, 0.6) is 0 Å². The van der Waals surface area contributed by atoms with Gasteiger partial charge < -0.3 is 10.6 Å². The van der Waals surface area contributed by atoms with Crippen LogP contribution in [-0.4, -0.2) is 23.0 Å². The van der Waals surface area contributed by atoms with E-state index in [2.05, 4.69) is 15.6 Å². The summed E-state index contributed by atoms with van der Waals surface area (Å²) < 4.78 is 40.2. The molecule has 0 spiro atoms. The molecule has 1 heterocycles. The Morgan fingerprint density at radius 1 is 1.06 bits per heavy atom. The Kier molecular flexibility index (Phi) is 6.29. The van der Waals surface area contributed by atoms with Gasteiger partial charge in [0.05, 0.1) is 5.52 Å². The van der Waals surface area contributed by atoms with Crippen molar-refractivity contribution >= 4 is 34.1 Å². The SMILES string of the molecule is Cc1ccc2nc(C(F)(F)F)cc(N[C@H]3CCC[C@@H](NC(=O)c4ccc(Cl)cc4)C3)c2c1. The van der Waals surface area contributed by atoms with Crippen LogP contribution in [0.15, 0.2) is 48.5 Å². The number of anilines is 1.